The molecule has 0 spiro atoms. The van der Waals surface area contributed by atoms with Crippen molar-refractivity contribution < 1.29 is 22.3 Å². The lowest BCUT2D eigenvalue weighted by Crippen LogP contribution is -2.33. The number of halogens is 4. The number of hydrazine groups is 1. The maximum Gasteiger partial charge on any atom is 0.419 e. The number of nitrogens with one attached hydrogen (secondary N) is 1. The van der Waals surface area contributed by atoms with Crippen molar-refractivity contribution in [3.05, 3.63) is 35.1 Å². The standard InChI is InChI=1S/C12H16F4N2O/c1-7(2)19-6-10(18-17)8-4-3-5-9(11(8)13)12(14,15)16/h3-5,7,10,18H,6,17H2,1-2H3. The molecule has 1 aromatic carbocycles. The maximum atomic E-state index is 13.9. The molecular weight excluding hydrogens is 264 g/mol. The summed E-state index contributed by atoms with van der Waals surface area (Å²) < 4.78 is 56.9. The second-order valence-electron chi connectivity index (χ2n) is 4.31. The summed E-state index contributed by atoms with van der Waals surface area (Å²) in [6.45, 7) is 3.50. The van der Waals surface area contributed by atoms with Crippen LogP contribution in [-0.4, -0.2) is 12.7 Å². The van der Waals surface area contributed by atoms with Crippen LogP contribution in [0.25, 0.3) is 0 Å². The van der Waals surface area contributed by atoms with Crippen LogP contribution in [0.15, 0.2) is 18.2 Å². The third-order valence-electron chi connectivity index (χ3n) is 2.51. The maximum absolute atomic E-state index is 13.9. The first-order valence-corrected chi connectivity index (χ1v) is 5.70. The number of alkyl halides is 3. The largest absolute Gasteiger partial charge is 0.419 e. The van der Waals surface area contributed by atoms with Crippen molar-refractivity contribution >= 4 is 0 Å². The molecular formula is C12H16F4N2O. The van der Waals surface area contributed by atoms with Crippen molar-refractivity contribution in [3.63, 3.8) is 0 Å². The molecule has 3 nitrogen and oxygen atoms in total. The summed E-state index contributed by atoms with van der Waals surface area (Å²) in [5.74, 6) is 3.91. The van der Waals surface area contributed by atoms with E-state index >= 15 is 0 Å². The van der Waals surface area contributed by atoms with Crippen LogP contribution in [0.1, 0.15) is 31.0 Å². The van der Waals surface area contributed by atoms with E-state index < -0.39 is 23.6 Å². The van der Waals surface area contributed by atoms with Gasteiger partial charge in [0.15, 0.2) is 0 Å². The molecule has 1 atom stereocenters. The second-order valence-corrected chi connectivity index (χ2v) is 4.31. The van der Waals surface area contributed by atoms with Crippen molar-refractivity contribution in [3.8, 4) is 0 Å². The Morgan fingerprint density at radius 2 is 1.95 bits per heavy atom. The van der Waals surface area contributed by atoms with E-state index in [1.165, 1.54) is 6.07 Å². The first-order valence-electron chi connectivity index (χ1n) is 5.70. The van der Waals surface area contributed by atoms with Crippen molar-refractivity contribution in [1.29, 1.82) is 0 Å². The molecule has 7 heteroatoms. The SMILES string of the molecule is CC(C)OCC(NN)c1cccc(C(F)(F)F)c1F. The average molecular weight is 280 g/mol. The number of ether oxygens (including phenoxy) is 1. The Bertz CT molecular complexity index is 421. The number of hydrogen-bond acceptors (Lipinski definition) is 3. The van der Waals surface area contributed by atoms with E-state index in [9.17, 15) is 17.6 Å². The molecule has 19 heavy (non-hydrogen) atoms. The van der Waals surface area contributed by atoms with Crippen LogP contribution in [-0.2, 0) is 10.9 Å². The van der Waals surface area contributed by atoms with Gasteiger partial charge in [0.25, 0.3) is 0 Å². The van der Waals surface area contributed by atoms with Gasteiger partial charge in [0, 0.05) is 5.56 Å². The molecule has 1 aromatic rings. The van der Waals surface area contributed by atoms with Gasteiger partial charge in [-0.05, 0) is 19.9 Å². The minimum Gasteiger partial charge on any atom is -0.377 e. The number of rotatable bonds is 5. The van der Waals surface area contributed by atoms with E-state index in [1.807, 2.05) is 0 Å². The van der Waals surface area contributed by atoms with Crippen LogP contribution in [0, 0.1) is 5.82 Å². The van der Waals surface area contributed by atoms with Crippen molar-refractivity contribution in [2.45, 2.75) is 32.2 Å². The summed E-state index contributed by atoms with van der Waals surface area (Å²) in [5.41, 5.74) is 0.782. The van der Waals surface area contributed by atoms with Crippen LogP contribution in [0.2, 0.25) is 0 Å². The molecule has 0 amide bonds. The van der Waals surface area contributed by atoms with Crippen molar-refractivity contribution in [1.82, 2.24) is 5.43 Å². The van der Waals surface area contributed by atoms with Crippen LogP contribution in [0.4, 0.5) is 17.6 Å². The van der Waals surface area contributed by atoms with Crippen LogP contribution < -0.4 is 11.3 Å². The molecule has 0 aliphatic heterocycles. The molecule has 0 saturated carbocycles. The highest BCUT2D eigenvalue weighted by Gasteiger charge is 2.35. The van der Waals surface area contributed by atoms with Gasteiger partial charge in [-0.2, -0.15) is 13.2 Å². The third kappa shape index (κ3) is 4.15. The fourth-order valence-electron chi connectivity index (χ4n) is 1.55. The summed E-state index contributed by atoms with van der Waals surface area (Å²) in [6.07, 6.45) is -4.87. The van der Waals surface area contributed by atoms with Crippen LogP contribution in [0.5, 0.6) is 0 Å². The Labute approximate surface area is 108 Å². The second kappa shape index (κ2) is 6.31. The predicted octanol–water partition coefficient (Wildman–Crippen LogP) is 2.77. The molecule has 1 rings (SSSR count). The van der Waals surface area contributed by atoms with Gasteiger partial charge in [0.2, 0.25) is 0 Å². The molecule has 108 valence electrons. The highest BCUT2D eigenvalue weighted by molar-refractivity contribution is 5.30. The van der Waals surface area contributed by atoms with Gasteiger partial charge >= 0.3 is 6.18 Å². The Morgan fingerprint density at radius 1 is 1.32 bits per heavy atom. The molecule has 0 heterocycles. The van der Waals surface area contributed by atoms with Gasteiger partial charge in [-0.25, -0.2) is 4.39 Å². The number of benzene rings is 1. The lowest BCUT2D eigenvalue weighted by molar-refractivity contribution is -0.140. The zero-order valence-electron chi connectivity index (χ0n) is 10.6. The van der Waals surface area contributed by atoms with Crippen molar-refractivity contribution in [2.75, 3.05) is 6.61 Å². The number of nitrogens with two attached hydrogens (primary N) is 1. The molecule has 0 aliphatic carbocycles. The molecule has 0 saturated heterocycles. The molecule has 0 radical (unpaired) electrons. The highest BCUT2D eigenvalue weighted by Crippen LogP contribution is 2.33. The van der Waals surface area contributed by atoms with Gasteiger partial charge in [0.05, 0.1) is 24.3 Å². The fourth-order valence-corrected chi connectivity index (χ4v) is 1.55. The van der Waals surface area contributed by atoms with E-state index in [0.29, 0.717) is 6.07 Å². The van der Waals surface area contributed by atoms with Gasteiger partial charge in [-0.15, -0.1) is 0 Å². The Kier molecular flexibility index (Phi) is 5.28. The smallest absolute Gasteiger partial charge is 0.377 e. The Hall–Kier alpha value is -1.18. The van der Waals surface area contributed by atoms with Crippen LogP contribution in [0.3, 0.4) is 0 Å². The summed E-state index contributed by atoms with van der Waals surface area (Å²) in [6, 6.07) is 2.24. The normalized spacial score (nSPS) is 13.9. The summed E-state index contributed by atoms with van der Waals surface area (Å²) >= 11 is 0. The van der Waals surface area contributed by atoms with E-state index in [1.54, 1.807) is 13.8 Å². The van der Waals surface area contributed by atoms with Gasteiger partial charge in [0.1, 0.15) is 5.82 Å². The topological polar surface area (TPSA) is 47.3 Å². The Balaban J connectivity index is 3.05. The first kappa shape index (κ1) is 15.9. The predicted molar refractivity (Wildman–Crippen MR) is 62.6 cm³/mol. The lowest BCUT2D eigenvalue weighted by Gasteiger charge is -2.20. The number of hydrogen-bond donors (Lipinski definition) is 2. The average Bonchev–Trinajstić information content (AvgIpc) is 2.29. The zero-order valence-corrected chi connectivity index (χ0v) is 10.6. The fraction of sp³-hybridized carbons (Fsp3) is 0.500. The molecule has 1 unspecified atom stereocenters. The van der Waals surface area contributed by atoms with E-state index in [4.69, 9.17) is 10.6 Å². The highest BCUT2D eigenvalue weighted by atomic mass is 19.4. The molecule has 0 fully saturated rings. The van der Waals surface area contributed by atoms with Gasteiger partial charge in [-0.1, -0.05) is 12.1 Å². The quantitative estimate of drug-likeness (QED) is 0.495. The minimum absolute atomic E-state index is 0.0214. The van der Waals surface area contributed by atoms with E-state index in [-0.39, 0.29) is 18.3 Å². The Morgan fingerprint density at radius 3 is 2.42 bits per heavy atom. The molecule has 0 bridgehead atoms. The lowest BCUT2D eigenvalue weighted by atomic mass is 10.0. The molecule has 0 aliphatic rings. The van der Waals surface area contributed by atoms with Crippen LogP contribution >= 0.6 is 0 Å². The summed E-state index contributed by atoms with van der Waals surface area (Å²) in [7, 11) is 0. The summed E-state index contributed by atoms with van der Waals surface area (Å²) in [5, 5.41) is 0. The summed E-state index contributed by atoms with van der Waals surface area (Å²) in [4.78, 5) is 0. The van der Waals surface area contributed by atoms with E-state index in [0.717, 1.165) is 6.07 Å². The van der Waals surface area contributed by atoms with Gasteiger partial charge in [-0.3, -0.25) is 11.3 Å². The minimum atomic E-state index is -4.74. The van der Waals surface area contributed by atoms with Crippen molar-refractivity contribution in [2.24, 2.45) is 5.84 Å². The third-order valence-corrected chi connectivity index (χ3v) is 2.51. The molecule has 0 aromatic heterocycles. The zero-order chi connectivity index (χ0) is 14.6. The molecule has 3 N–H and O–H groups in total. The monoisotopic (exact) mass is 280 g/mol. The van der Waals surface area contributed by atoms with Gasteiger partial charge < -0.3 is 4.74 Å². The first-order chi connectivity index (χ1) is 8.77. The van der Waals surface area contributed by atoms with E-state index in [2.05, 4.69) is 5.43 Å².